The molecule has 3 heteroatoms. The molecule has 0 spiro atoms. The minimum Gasteiger partial charge on any atom is -0.394 e. The van der Waals surface area contributed by atoms with Crippen LogP contribution in [0.3, 0.4) is 0 Å². The molecule has 3 nitrogen and oxygen atoms in total. The second-order valence-electron chi connectivity index (χ2n) is 8.44. The Hall–Kier alpha value is -0.570. The molecule has 2 N–H and O–H groups in total. The van der Waals surface area contributed by atoms with Crippen molar-refractivity contribution in [3.05, 3.63) is 0 Å². The molecule has 0 aromatic carbocycles. The number of aliphatic hydroxyl groups excluding tert-OH is 1. The van der Waals surface area contributed by atoms with Gasteiger partial charge in [-0.2, -0.15) is 0 Å². The standard InChI is InChI=1S/C16H25NO2/c1-14-5-11-4-12(6-14)8-15(7-11,9-14)13(19)17-16(10-18)2-3-16/h11-12,18H,2-10H2,1H3,(H,17,19). The molecular weight excluding hydrogens is 238 g/mol. The number of rotatable bonds is 3. The largest absolute Gasteiger partial charge is 0.394 e. The van der Waals surface area contributed by atoms with E-state index in [9.17, 15) is 9.90 Å². The number of hydrogen-bond acceptors (Lipinski definition) is 2. The van der Waals surface area contributed by atoms with Gasteiger partial charge in [-0.15, -0.1) is 0 Å². The molecule has 0 radical (unpaired) electrons. The lowest BCUT2D eigenvalue weighted by Crippen LogP contribution is -2.58. The van der Waals surface area contributed by atoms with Gasteiger partial charge in [-0.1, -0.05) is 6.92 Å². The van der Waals surface area contributed by atoms with Crippen molar-refractivity contribution in [1.82, 2.24) is 5.32 Å². The molecule has 1 amide bonds. The Morgan fingerprint density at radius 2 is 1.84 bits per heavy atom. The van der Waals surface area contributed by atoms with Crippen LogP contribution in [0.2, 0.25) is 0 Å². The maximum atomic E-state index is 12.8. The average Bonchev–Trinajstić information content (AvgIpc) is 3.06. The van der Waals surface area contributed by atoms with Gasteiger partial charge in [-0.3, -0.25) is 4.79 Å². The molecule has 0 aromatic heterocycles. The lowest BCUT2D eigenvalue weighted by atomic mass is 9.44. The van der Waals surface area contributed by atoms with Gasteiger partial charge < -0.3 is 10.4 Å². The van der Waals surface area contributed by atoms with Crippen LogP contribution in [0.5, 0.6) is 0 Å². The predicted octanol–water partition coefficient (Wildman–Crippen LogP) is 2.23. The Balaban J connectivity index is 1.58. The van der Waals surface area contributed by atoms with Gasteiger partial charge in [-0.25, -0.2) is 0 Å². The van der Waals surface area contributed by atoms with Crippen molar-refractivity contribution < 1.29 is 9.90 Å². The first kappa shape index (κ1) is 12.2. The smallest absolute Gasteiger partial charge is 0.226 e. The highest BCUT2D eigenvalue weighted by Gasteiger charge is 2.60. The van der Waals surface area contributed by atoms with E-state index in [-0.39, 0.29) is 23.5 Å². The SMILES string of the molecule is CC12CC3CC(C1)CC(C(=O)NC1(CO)CC1)(C3)C2. The zero-order chi connectivity index (χ0) is 13.3. The minimum absolute atomic E-state index is 0.0937. The average molecular weight is 263 g/mol. The lowest BCUT2D eigenvalue weighted by molar-refractivity contribution is -0.156. The minimum atomic E-state index is -0.249. The van der Waals surface area contributed by atoms with Crippen molar-refractivity contribution in [1.29, 1.82) is 0 Å². The van der Waals surface area contributed by atoms with E-state index in [1.165, 1.54) is 19.3 Å². The highest BCUT2D eigenvalue weighted by atomic mass is 16.3. The van der Waals surface area contributed by atoms with E-state index in [0.717, 1.165) is 43.9 Å². The van der Waals surface area contributed by atoms with E-state index < -0.39 is 0 Å². The molecule has 19 heavy (non-hydrogen) atoms. The summed E-state index contributed by atoms with van der Waals surface area (Å²) in [4.78, 5) is 12.8. The third-order valence-electron chi connectivity index (χ3n) is 6.37. The van der Waals surface area contributed by atoms with Gasteiger partial charge in [0.25, 0.3) is 0 Å². The number of carbonyl (C=O) groups excluding carboxylic acids is 1. The normalized spacial score (nSPS) is 49.2. The lowest BCUT2D eigenvalue weighted by Gasteiger charge is -2.60. The summed E-state index contributed by atoms with van der Waals surface area (Å²) >= 11 is 0. The first-order valence-electron chi connectivity index (χ1n) is 7.90. The van der Waals surface area contributed by atoms with Crippen LogP contribution in [0.15, 0.2) is 0 Å². The van der Waals surface area contributed by atoms with Gasteiger partial charge >= 0.3 is 0 Å². The first-order valence-corrected chi connectivity index (χ1v) is 7.90. The molecule has 2 atom stereocenters. The Kier molecular flexibility index (Phi) is 2.27. The van der Waals surface area contributed by atoms with Crippen molar-refractivity contribution in [3.8, 4) is 0 Å². The van der Waals surface area contributed by atoms with Gasteiger partial charge in [0.2, 0.25) is 5.91 Å². The molecule has 106 valence electrons. The number of aliphatic hydroxyl groups is 1. The summed E-state index contributed by atoms with van der Waals surface area (Å²) < 4.78 is 0. The van der Waals surface area contributed by atoms with Gasteiger partial charge in [0, 0.05) is 0 Å². The highest BCUT2D eigenvalue weighted by molar-refractivity contribution is 5.84. The second kappa shape index (κ2) is 3.55. The number of hydrogen-bond donors (Lipinski definition) is 2. The number of carbonyl (C=O) groups is 1. The van der Waals surface area contributed by atoms with E-state index in [1.807, 2.05) is 0 Å². The third kappa shape index (κ3) is 1.77. The fourth-order valence-electron chi connectivity index (χ4n) is 5.83. The van der Waals surface area contributed by atoms with Gasteiger partial charge in [0.05, 0.1) is 17.6 Å². The summed E-state index contributed by atoms with van der Waals surface area (Å²) in [5.41, 5.74) is 0.0717. The zero-order valence-electron chi connectivity index (χ0n) is 11.9. The van der Waals surface area contributed by atoms with Crippen LogP contribution in [0, 0.1) is 22.7 Å². The van der Waals surface area contributed by atoms with Gasteiger partial charge in [0.15, 0.2) is 0 Å². The Labute approximate surface area is 115 Å². The van der Waals surface area contributed by atoms with Crippen LogP contribution in [0.25, 0.3) is 0 Å². The molecule has 5 aliphatic carbocycles. The van der Waals surface area contributed by atoms with Crippen LogP contribution < -0.4 is 5.32 Å². The van der Waals surface area contributed by atoms with Gasteiger partial charge in [0.1, 0.15) is 0 Å². The third-order valence-corrected chi connectivity index (χ3v) is 6.37. The van der Waals surface area contributed by atoms with Crippen LogP contribution in [0.1, 0.15) is 58.3 Å². The van der Waals surface area contributed by atoms with E-state index >= 15 is 0 Å². The molecule has 5 fully saturated rings. The van der Waals surface area contributed by atoms with E-state index in [1.54, 1.807) is 0 Å². The molecule has 5 saturated carbocycles. The van der Waals surface area contributed by atoms with E-state index in [4.69, 9.17) is 0 Å². The van der Waals surface area contributed by atoms with Crippen LogP contribution >= 0.6 is 0 Å². The fraction of sp³-hybridized carbons (Fsp3) is 0.938. The topological polar surface area (TPSA) is 49.3 Å². The molecule has 4 bridgehead atoms. The summed E-state index contributed by atoms with van der Waals surface area (Å²) in [5.74, 6) is 1.82. The fourth-order valence-corrected chi connectivity index (χ4v) is 5.83. The van der Waals surface area contributed by atoms with Gasteiger partial charge in [-0.05, 0) is 68.6 Å². The quantitative estimate of drug-likeness (QED) is 0.820. The summed E-state index contributed by atoms with van der Waals surface area (Å²) in [6.45, 7) is 2.50. The summed E-state index contributed by atoms with van der Waals surface area (Å²) in [6.07, 6.45) is 9.23. The van der Waals surface area contributed by atoms with E-state index in [0.29, 0.717) is 5.41 Å². The zero-order valence-corrected chi connectivity index (χ0v) is 11.9. The molecule has 0 saturated heterocycles. The first-order chi connectivity index (χ1) is 8.97. The molecule has 2 unspecified atom stereocenters. The van der Waals surface area contributed by atoms with E-state index in [2.05, 4.69) is 12.2 Å². The van der Waals surface area contributed by atoms with Crippen molar-refractivity contribution in [3.63, 3.8) is 0 Å². The van der Waals surface area contributed by atoms with Crippen LogP contribution in [-0.2, 0) is 4.79 Å². The van der Waals surface area contributed by atoms with Crippen LogP contribution in [0.4, 0.5) is 0 Å². The van der Waals surface area contributed by atoms with Crippen molar-refractivity contribution >= 4 is 5.91 Å². The summed E-state index contributed by atoms with van der Waals surface area (Å²) in [6, 6.07) is 0. The molecule has 0 heterocycles. The Morgan fingerprint density at radius 1 is 1.21 bits per heavy atom. The monoisotopic (exact) mass is 263 g/mol. The van der Waals surface area contributed by atoms with Crippen molar-refractivity contribution in [2.24, 2.45) is 22.7 Å². The molecule has 0 aliphatic heterocycles. The molecular formula is C16H25NO2. The number of nitrogens with one attached hydrogen (secondary N) is 1. The number of amides is 1. The van der Waals surface area contributed by atoms with Crippen molar-refractivity contribution in [2.45, 2.75) is 63.8 Å². The Bertz CT molecular complexity index is 412. The molecule has 5 aliphatic rings. The molecule has 0 aromatic rings. The van der Waals surface area contributed by atoms with Crippen molar-refractivity contribution in [2.75, 3.05) is 6.61 Å². The summed E-state index contributed by atoms with van der Waals surface area (Å²) in [7, 11) is 0. The Morgan fingerprint density at radius 3 is 2.32 bits per heavy atom. The maximum absolute atomic E-state index is 12.8. The highest BCUT2D eigenvalue weighted by Crippen LogP contribution is 2.65. The summed E-state index contributed by atoms with van der Waals surface area (Å²) in [5, 5.41) is 12.6. The molecule has 5 rings (SSSR count). The maximum Gasteiger partial charge on any atom is 0.226 e. The van der Waals surface area contributed by atoms with Crippen LogP contribution in [-0.4, -0.2) is 23.2 Å². The second-order valence-corrected chi connectivity index (χ2v) is 8.44. The predicted molar refractivity (Wildman–Crippen MR) is 72.4 cm³/mol.